The molecule has 1 aromatic carbocycles. The van der Waals surface area contributed by atoms with Crippen LogP contribution in [-0.4, -0.2) is 6.21 Å². The van der Waals surface area contributed by atoms with Crippen LogP contribution in [0.25, 0.3) is 0 Å². The first-order valence-electron chi connectivity index (χ1n) is 5.92. The van der Waals surface area contributed by atoms with Gasteiger partial charge in [-0.3, -0.25) is 4.99 Å². The Morgan fingerprint density at radius 2 is 2.12 bits per heavy atom. The topological polar surface area (TPSA) is 12.4 Å². The van der Waals surface area contributed by atoms with E-state index < -0.39 is 0 Å². The molecule has 0 fully saturated rings. The van der Waals surface area contributed by atoms with Crippen LogP contribution in [0.15, 0.2) is 29.3 Å². The molecule has 2 rings (SSSR count). The summed E-state index contributed by atoms with van der Waals surface area (Å²) in [6.07, 6.45) is 5.61. The second-order valence-corrected chi connectivity index (χ2v) is 5.31. The number of nitrogens with zero attached hydrogens (tertiary/aromatic N) is 1. The molecule has 0 saturated heterocycles. The third-order valence-electron chi connectivity index (χ3n) is 3.39. The maximum atomic E-state index is 6.26. The summed E-state index contributed by atoms with van der Waals surface area (Å²) in [4.78, 5) is 4.76. The first kappa shape index (κ1) is 11.7. The zero-order valence-electron chi connectivity index (χ0n) is 9.91. The lowest BCUT2D eigenvalue weighted by molar-refractivity contribution is 0.441. The maximum absolute atomic E-state index is 6.26. The summed E-state index contributed by atoms with van der Waals surface area (Å²) in [5, 5.41) is 0.830. The van der Waals surface area contributed by atoms with Gasteiger partial charge in [-0.25, -0.2) is 0 Å². The normalized spacial score (nSPS) is 30.1. The molecule has 0 amide bonds. The van der Waals surface area contributed by atoms with Gasteiger partial charge in [-0.05, 0) is 37.3 Å². The van der Waals surface area contributed by atoms with Crippen molar-refractivity contribution in [3.05, 3.63) is 34.9 Å². The van der Waals surface area contributed by atoms with Crippen LogP contribution < -0.4 is 0 Å². The van der Waals surface area contributed by atoms with E-state index in [4.69, 9.17) is 16.6 Å². The number of hydrogen-bond acceptors (Lipinski definition) is 1. The summed E-state index contributed by atoms with van der Waals surface area (Å²) in [5.74, 6) is 0.587. The minimum absolute atomic E-state index is 0.136. The summed E-state index contributed by atoms with van der Waals surface area (Å²) in [7, 11) is 0. The Labute approximate surface area is 103 Å². The van der Waals surface area contributed by atoms with Crippen molar-refractivity contribution in [2.75, 3.05) is 0 Å². The van der Waals surface area contributed by atoms with Gasteiger partial charge in [0.1, 0.15) is 0 Å². The fraction of sp³-hybridized carbons (Fsp3) is 0.500. The number of aliphatic imine (C=N–C) groups is 1. The molecule has 0 spiro atoms. The fourth-order valence-corrected chi connectivity index (χ4v) is 2.64. The first-order valence-corrected chi connectivity index (χ1v) is 6.30. The number of benzene rings is 1. The smallest absolute Gasteiger partial charge is 0.0839 e. The zero-order chi connectivity index (χ0) is 11.6. The molecule has 0 radical (unpaired) electrons. The summed E-state index contributed by atoms with van der Waals surface area (Å²) < 4.78 is 0. The molecule has 0 aliphatic carbocycles. The second-order valence-electron chi connectivity index (χ2n) is 4.90. The number of halogens is 1. The van der Waals surface area contributed by atoms with Crippen LogP contribution in [0, 0.1) is 5.92 Å². The van der Waals surface area contributed by atoms with Crippen LogP contribution >= 0.6 is 11.6 Å². The minimum atomic E-state index is -0.136. The van der Waals surface area contributed by atoms with E-state index in [1.807, 2.05) is 18.2 Å². The summed E-state index contributed by atoms with van der Waals surface area (Å²) >= 11 is 6.26. The van der Waals surface area contributed by atoms with E-state index in [2.05, 4.69) is 26.1 Å². The van der Waals surface area contributed by atoms with Crippen LogP contribution in [0.3, 0.4) is 0 Å². The second kappa shape index (κ2) is 4.58. The van der Waals surface area contributed by atoms with Gasteiger partial charge in [-0.1, -0.05) is 43.1 Å². The predicted octanol–water partition coefficient (Wildman–Crippen LogP) is 4.45. The molecule has 2 unspecified atom stereocenters. The molecular weight excluding hydrogens is 218 g/mol. The average Bonchev–Trinajstić information content (AvgIpc) is 2.43. The molecule has 16 heavy (non-hydrogen) atoms. The van der Waals surface area contributed by atoms with Crippen molar-refractivity contribution < 1.29 is 0 Å². The van der Waals surface area contributed by atoms with Crippen LogP contribution in [-0.2, 0) is 5.54 Å². The van der Waals surface area contributed by atoms with Crippen LogP contribution in [0.5, 0.6) is 0 Å². The molecule has 0 aromatic heterocycles. The van der Waals surface area contributed by atoms with E-state index in [9.17, 15) is 0 Å². The molecule has 0 N–H and O–H groups in total. The van der Waals surface area contributed by atoms with Gasteiger partial charge in [0.2, 0.25) is 0 Å². The Hall–Kier alpha value is -0.820. The van der Waals surface area contributed by atoms with Gasteiger partial charge in [0, 0.05) is 11.2 Å². The summed E-state index contributed by atoms with van der Waals surface area (Å²) in [6, 6.07) is 8.05. The van der Waals surface area contributed by atoms with Crippen molar-refractivity contribution >= 4 is 17.8 Å². The Morgan fingerprint density at radius 1 is 1.38 bits per heavy atom. The summed E-state index contributed by atoms with van der Waals surface area (Å²) in [6.45, 7) is 4.41. The SMILES string of the molecule is CC1C=NC(C)(c2ccccc2Cl)CCC1. The molecule has 86 valence electrons. The van der Waals surface area contributed by atoms with Gasteiger partial charge in [-0.15, -0.1) is 0 Å². The molecule has 2 atom stereocenters. The van der Waals surface area contributed by atoms with Crippen molar-refractivity contribution in [1.29, 1.82) is 0 Å². The molecular formula is C14H18ClN. The lowest BCUT2D eigenvalue weighted by Crippen LogP contribution is -2.18. The third-order valence-corrected chi connectivity index (χ3v) is 3.72. The molecule has 1 aliphatic rings. The van der Waals surface area contributed by atoms with E-state index in [0.717, 1.165) is 17.0 Å². The predicted molar refractivity (Wildman–Crippen MR) is 70.3 cm³/mol. The highest BCUT2D eigenvalue weighted by Crippen LogP contribution is 2.37. The van der Waals surface area contributed by atoms with E-state index in [0.29, 0.717) is 5.92 Å². The quantitative estimate of drug-likeness (QED) is 0.682. The van der Waals surface area contributed by atoms with Crippen LogP contribution in [0.4, 0.5) is 0 Å². The van der Waals surface area contributed by atoms with Crippen molar-refractivity contribution in [1.82, 2.24) is 0 Å². The Kier molecular flexibility index (Phi) is 3.34. The van der Waals surface area contributed by atoms with Gasteiger partial charge in [-0.2, -0.15) is 0 Å². The van der Waals surface area contributed by atoms with Crippen LogP contribution in [0.1, 0.15) is 38.7 Å². The Morgan fingerprint density at radius 3 is 2.88 bits per heavy atom. The highest BCUT2D eigenvalue weighted by atomic mass is 35.5. The minimum Gasteiger partial charge on any atom is -0.286 e. The highest BCUT2D eigenvalue weighted by Gasteiger charge is 2.28. The summed E-state index contributed by atoms with van der Waals surface area (Å²) in [5.41, 5.74) is 1.02. The van der Waals surface area contributed by atoms with Crippen molar-refractivity contribution in [2.24, 2.45) is 10.9 Å². The molecule has 2 heteroatoms. The van der Waals surface area contributed by atoms with Gasteiger partial charge in [0.25, 0.3) is 0 Å². The lowest BCUT2D eigenvalue weighted by atomic mass is 9.87. The van der Waals surface area contributed by atoms with Gasteiger partial charge in [0.05, 0.1) is 5.54 Å². The molecule has 1 nitrogen and oxygen atoms in total. The molecule has 1 heterocycles. The third kappa shape index (κ3) is 2.30. The Balaban J connectivity index is 2.38. The Bertz CT molecular complexity index is 399. The largest absolute Gasteiger partial charge is 0.286 e. The monoisotopic (exact) mass is 235 g/mol. The van der Waals surface area contributed by atoms with Crippen LogP contribution in [0.2, 0.25) is 5.02 Å². The fourth-order valence-electron chi connectivity index (χ4n) is 2.30. The molecule has 0 bridgehead atoms. The van der Waals surface area contributed by atoms with E-state index in [-0.39, 0.29) is 5.54 Å². The van der Waals surface area contributed by atoms with Gasteiger partial charge < -0.3 is 0 Å². The van der Waals surface area contributed by atoms with Crippen molar-refractivity contribution in [3.63, 3.8) is 0 Å². The van der Waals surface area contributed by atoms with E-state index in [1.165, 1.54) is 12.8 Å². The molecule has 0 saturated carbocycles. The van der Waals surface area contributed by atoms with Crippen molar-refractivity contribution in [2.45, 2.75) is 38.6 Å². The maximum Gasteiger partial charge on any atom is 0.0839 e. The van der Waals surface area contributed by atoms with E-state index >= 15 is 0 Å². The molecule has 1 aromatic rings. The highest BCUT2D eigenvalue weighted by molar-refractivity contribution is 6.31. The zero-order valence-corrected chi connectivity index (χ0v) is 10.7. The van der Waals surface area contributed by atoms with Gasteiger partial charge >= 0.3 is 0 Å². The first-order chi connectivity index (χ1) is 7.62. The standard InChI is InChI=1S/C14H18ClN/c1-11-6-5-9-14(2,16-10-11)12-7-3-4-8-13(12)15/h3-4,7-8,10-11H,5-6,9H2,1-2H3. The number of hydrogen-bond donors (Lipinski definition) is 0. The van der Waals surface area contributed by atoms with Crippen molar-refractivity contribution in [3.8, 4) is 0 Å². The average molecular weight is 236 g/mol. The lowest BCUT2D eigenvalue weighted by Gasteiger charge is -2.25. The number of rotatable bonds is 1. The molecule has 1 aliphatic heterocycles. The van der Waals surface area contributed by atoms with E-state index in [1.54, 1.807) is 0 Å². The van der Waals surface area contributed by atoms with Gasteiger partial charge in [0.15, 0.2) is 0 Å².